The number of carbonyl (C=O) groups excluding carboxylic acids is 3. The molecule has 0 unspecified atom stereocenters. The van der Waals surface area contributed by atoms with Crippen LogP contribution in [-0.4, -0.2) is 53.4 Å². The van der Waals surface area contributed by atoms with E-state index < -0.39 is 23.5 Å². The number of likely N-dealkylation sites (tertiary alicyclic amines) is 1. The highest BCUT2D eigenvalue weighted by atomic mass is 16.3. The number of aliphatic hydroxyl groups is 1. The van der Waals surface area contributed by atoms with E-state index in [4.69, 9.17) is 0 Å². The Hall–Kier alpha value is -3.03. The number of carbonyl (C=O) groups is 3. The number of imide groups is 1. The van der Waals surface area contributed by atoms with Crippen LogP contribution >= 0.6 is 0 Å². The lowest BCUT2D eigenvalue weighted by Gasteiger charge is -2.56. The maximum atomic E-state index is 13.5. The van der Waals surface area contributed by atoms with Crippen molar-refractivity contribution in [1.82, 2.24) is 15.5 Å². The molecule has 1 saturated heterocycles. The Morgan fingerprint density at radius 1 is 0.872 bits per heavy atom. The van der Waals surface area contributed by atoms with Crippen LogP contribution in [0.4, 0.5) is 0 Å². The fraction of sp³-hybridized carbons (Fsp3) is 0.531. The maximum Gasteiger partial charge on any atom is 0.267 e. The van der Waals surface area contributed by atoms with E-state index >= 15 is 0 Å². The van der Waals surface area contributed by atoms with Crippen molar-refractivity contribution >= 4 is 17.7 Å². The number of hydrogen-bond acceptors (Lipinski definition) is 5. The molecule has 39 heavy (non-hydrogen) atoms. The summed E-state index contributed by atoms with van der Waals surface area (Å²) in [6, 6.07) is 16.7. The third-order valence-electron chi connectivity index (χ3n) is 9.79. The SMILES string of the molecule is O=C(CN1CCC[C@H]1C(=O)NC(=O)C(O)(c1ccccc1)c1ccccc1)NCC12CC3CC(CC(C3)C1)C2. The van der Waals surface area contributed by atoms with Crippen LogP contribution in [0.1, 0.15) is 62.5 Å². The molecule has 3 amide bonds. The predicted octanol–water partition coefficient (Wildman–Crippen LogP) is 3.36. The lowest BCUT2D eigenvalue weighted by molar-refractivity contribution is -0.143. The van der Waals surface area contributed by atoms with Gasteiger partial charge in [-0.2, -0.15) is 0 Å². The second-order valence-electron chi connectivity index (χ2n) is 12.6. The Kier molecular flexibility index (Phi) is 7.06. The molecule has 0 radical (unpaired) electrons. The van der Waals surface area contributed by atoms with Crippen molar-refractivity contribution in [1.29, 1.82) is 0 Å². The Morgan fingerprint density at radius 2 is 1.41 bits per heavy atom. The normalized spacial score (nSPS) is 29.8. The van der Waals surface area contributed by atoms with Crippen molar-refractivity contribution in [2.45, 2.75) is 63.0 Å². The molecule has 3 N–H and O–H groups in total. The molecule has 2 aromatic carbocycles. The molecule has 1 atom stereocenters. The van der Waals surface area contributed by atoms with Crippen LogP contribution in [0.5, 0.6) is 0 Å². The van der Waals surface area contributed by atoms with Crippen molar-refractivity contribution in [2.75, 3.05) is 19.6 Å². The highest BCUT2D eigenvalue weighted by Crippen LogP contribution is 2.59. The highest BCUT2D eigenvalue weighted by molar-refractivity contribution is 6.03. The van der Waals surface area contributed by atoms with E-state index in [9.17, 15) is 19.5 Å². The van der Waals surface area contributed by atoms with Gasteiger partial charge in [0.15, 0.2) is 5.60 Å². The first kappa shape index (κ1) is 26.2. The lowest BCUT2D eigenvalue weighted by Crippen LogP contribution is -2.54. The first-order valence-electron chi connectivity index (χ1n) is 14.5. The number of rotatable bonds is 8. The van der Waals surface area contributed by atoms with Crippen LogP contribution in [0.2, 0.25) is 0 Å². The Bertz CT molecular complexity index is 1140. The van der Waals surface area contributed by atoms with Crippen LogP contribution in [0.25, 0.3) is 0 Å². The fourth-order valence-corrected chi connectivity index (χ4v) is 8.42. The first-order valence-corrected chi connectivity index (χ1v) is 14.5. The zero-order chi connectivity index (χ0) is 27.0. The molecule has 0 aromatic heterocycles. The van der Waals surface area contributed by atoms with Gasteiger partial charge in [0.05, 0.1) is 12.6 Å². The van der Waals surface area contributed by atoms with Gasteiger partial charge in [-0.1, -0.05) is 60.7 Å². The minimum Gasteiger partial charge on any atom is -0.372 e. The van der Waals surface area contributed by atoms with E-state index in [2.05, 4.69) is 10.6 Å². The summed E-state index contributed by atoms with van der Waals surface area (Å²) in [5.41, 5.74) is -0.989. The predicted molar refractivity (Wildman–Crippen MR) is 147 cm³/mol. The van der Waals surface area contributed by atoms with Crippen molar-refractivity contribution in [2.24, 2.45) is 23.2 Å². The van der Waals surface area contributed by atoms with Gasteiger partial charge in [0.25, 0.3) is 5.91 Å². The summed E-state index contributed by atoms with van der Waals surface area (Å²) in [7, 11) is 0. The molecule has 206 valence electrons. The third kappa shape index (κ3) is 5.14. The van der Waals surface area contributed by atoms with Gasteiger partial charge in [-0.3, -0.25) is 24.6 Å². The average Bonchev–Trinajstić information content (AvgIpc) is 3.40. The molecule has 7 nitrogen and oxygen atoms in total. The number of benzene rings is 2. The van der Waals surface area contributed by atoms with Crippen LogP contribution in [0.15, 0.2) is 60.7 Å². The zero-order valence-corrected chi connectivity index (χ0v) is 22.5. The second kappa shape index (κ2) is 10.5. The second-order valence-corrected chi connectivity index (χ2v) is 12.6. The Labute approximate surface area is 230 Å². The fourth-order valence-electron chi connectivity index (χ4n) is 8.42. The van der Waals surface area contributed by atoms with Gasteiger partial charge in [0, 0.05) is 6.54 Å². The third-order valence-corrected chi connectivity index (χ3v) is 9.79. The standard InChI is InChI=1S/C32H39N3O4/c36-28(33-21-31-17-22-14-23(18-31)16-24(15-22)19-31)20-35-13-7-12-27(35)29(37)34-30(38)32(39,25-8-3-1-4-9-25)26-10-5-2-6-11-26/h1-6,8-11,22-24,27,39H,7,12-21H2,(H,33,36)(H,34,37,38)/t22?,23?,24?,27-,31?/m0/s1. The van der Waals surface area contributed by atoms with Gasteiger partial charge < -0.3 is 10.4 Å². The molecule has 4 bridgehead atoms. The molecule has 5 fully saturated rings. The summed E-state index contributed by atoms with van der Waals surface area (Å²) in [6.07, 6.45) is 9.18. The number of nitrogens with zero attached hydrogens (tertiary/aromatic N) is 1. The number of nitrogens with one attached hydrogen (secondary N) is 2. The molecular weight excluding hydrogens is 490 g/mol. The van der Waals surface area contributed by atoms with Crippen molar-refractivity contribution in [3.63, 3.8) is 0 Å². The minimum absolute atomic E-state index is 0.0538. The largest absolute Gasteiger partial charge is 0.372 e. The molecular formula is C32H39N3O4. The van der Waals surface area contributed by atoms with Gasteiger partial charge in [-0.15, -0.1) is 0 Å². The average molecular weight is 530 g/mol. The van der Waals surface area contributed by atoms with Crippen LogP contribution in [-0.2, 0) is 20.0 Å². The summed E-state index contributed by atoms with van der Waals surface area (Å²) in [5.74, 6) is 1.19. The van der Waals surface area contributed by atoms with Gasteiger partial charge in [-0.25, -0.2) is 0 Å². The molecule has 4 aliphatic carbocycles. The smallest absolute Gasteiger partial charge is 0.267 e. The Morgan fingerprint density at radius 3 is 1.95 bits per heavy atom. The summed E-state index contributed by atoms with van der Waals surface area (Å²) in [4.78, 5) is 41.7. The molecule has 1 aliphatic heterocycles. The van der Waals surface area contributed by atoms with E-state index in [-0.39, 0.29) is 17.9 Å². The van der Waals surface area contributed by atoms with E-state index in [0.717, 1.165) is 30.7 Å². The van der Waals surface area contributed by atoms with Gasteiger partial charge >= 0.3 is 0 Å². The molecule has 0 spiro atoms. The van der Waals surface area contributed by atoms with Crippen molar-refractivity contribution < 1.29 is 19.5 Å². The summed E-state index contributed by atoms with van der Waals surface area (Å²) < 4.78 is 0. The molecule has 7 rings (SSSR count). The van der Waals surface area contributed by atoms with Crippen molar-refractivity contribution in [3.05, 3.63) is 71.8 Å². The molecule has 5 aliphatic rings. The quantitative estimate of drug-likeness (QED) is 0.487. The monoisotopic (exact) mass is 529 g/mol. The van der Waals surface area contributed by atoms with E-state index in [1.807, 2.05) is 17.0 Å². The number of amides is 3. The summed E-state index contributed by atoms with van der Waals surface area (Å²) >= 11 is 0. The van der Waals surface area contributed by atoms with E-state index in [0.29, 0.717) is 24.1 Å². The first-order chi connectivity index (χ1) is 18.8. The van der Waals surface area contributed by atoms with Gasteiger partial charge in [-0.05, 0) is 92.2 Å². The molecule has 4 saturated carbocycles. The Balaban J connectivity index is 1.09. The molecule has 2 aromatic rings. The molecule has 1 heterocycles. The lowest BCUT2D eigenvalue weighted by atomic mass is 9.49. The van der Waals surface area contributed by atoms with Gasteiger partial charge in [0.1, 0.15) is 0 Å². The number of hydrogen-bond donors (Lipinski definition) is 3. The van der Waals surface area contributed by atoms with E-state index in [1.54, 1.807) is 48.5 Å². The summed E-state index contributed by atoms with van der Waals surface area (Å²) in [5, 5.41) is 17.4. The van der Waals surface area contributed by atoms with Gasteiger partial charge in [0.2, 0.25) is 11.8 Å². The topological polar surface area (TPSA) is 98.7 Å². The van der Waals surface area contributed by atoms with Crippen LogP contribution < -0.4 is 10.6 Å². The summed E-state index contributed by atoms with van der Waals surface area (Å²) in [6.45, 7) is 1.50. The zero-order valence-electron chi connectivity index (χ0n) is 22.5. The van der Waals surface area contributed by atoms with E-state index in [1.165, 1.54) is 38.5 Å². The minimum atomic E-state index is -2.02. The van der Waals surface area contributed by atoms with Crippen LogP contribution in [0.3, 0.4) is 0 Å². The maximum absolute atomic E-state index is 13.5. The molecule has 7 heteroatoms. The van der Waals surface area contributed by atoms with Crippen molar-refractivity contribution in [3.8, 4) is 0 Å². The van der Waals surface area contributed by atoms with Crippen LogP contribution in [0, 0.1) is 23.2 Å². The highest BCUT2D eigenvalue weighted by Gasteiger charge is 2.51.